The van der Waals surface area contributed by atoms with Gasteiger partial charge in [0.1, 0.15) is 24.0 Å². The van der Waals surface area contributed by atoms with Crippen molar-refractivity contribution in [2.24, 2.45) is 5.92 Å². The van der Waals surface area contributed by atoms with Crippen LogP contribution in [0.2, 0.25) is 0 Å². The van der Waals surface area contributed by atoms with Gasteiger partial charge in [-0.25, -0.2) is 8.78 Å². The van der Waals surface area contributed by atoms with Crippen molar-refractivity contribution in [2.45, 2.75) is 44.9 Å². The van der Waals surface area contributed by atoms with Crippen molar-refractivity contribution < 1.29 is 23.4 Å². The number of aromatic amines is 1. The fourth-order valence-electron chi connectivity index (χ4n) is 5.03. The Labute approximate surface area is 191 Å². The molecule has 1 fully saturated rings. The van der Waals surface area contributed by atoms with Crippen molar-refractivity contribution in [1.82, 2.24) is 9.88 Å². The Morgan fingerprint density at radius 2 is 1.85 bits per heavy atom. The Hall–Kier alpha value is -3.19. The summed E-state index contributed by atoms with van der Waals surface area (Å²) in [6.45, 7) is 1.87. The predicted molar refractivity (Wildman–Crippen MR) is 120 cm³/mol. The molecule has 2 atom stereocenters. The maximum atomic E-state index is 13.3. The molecule has 3 aromatic rings. The highest BCUT2D eigenvalue weighted by Crippen LogP contribution is 2.34. The molecule has 2 unspecified atom stereocenters. The smallest absolute Gasteiger partial charge is 0.306 e. The predicted octanol–water partition coefficient (Wildman–Crippen LogP) is 5.15. The number of hydrogen-bond acceptors (Lipinski definition) is 3. The largest absolute Gasteiger partial charge is 0.489 e. The van der Waals surface area contributed by atoms with Crippen LogP contribution >= 0.6 is 0 Å². The lowest BCUT2D eigenvalue weighted by molar-refractivity contribution is -0.141. The third-order valence-electron chi connectivity index (χ3n) is 6.78. The minimum absolute atomic E-state index is 0.0879. The number of rotatable bonds is 6. The van der Waals surface area contributed by atoms with Crippen molar-refractivity contribution in [3.8, 4) is 17.0 Å². The first-order valence-corrected chi connectivity index (χ1v) is 11.3. The molecule has 0 bridgehead atoms. The van der Waals surface area contributed by atoms with Gasteiger partial charge >= 0.3 is 5.97 Å². The first kappa shape index (κ1) is 21.6. The number of aliphatic carboxylic acids is 1. The molecule has 7 heteroatoms. The van der Waals surface area contributed by atoms with E-state index >= 15 is 0 Å². The number of carbonyl (C=O) groups is 1. The summed E-state index contributed by atoms with van der Waals surface area (Å²) in [5, 5.41) is 9.29. The summed E-state index contributed by atoms with van der Waals surface area (Å²) >= 11 is 0. The van der Waals surface area contributed by atoms with Gasteiger partial charge in [0.25, 0.3) is 0 Å². The van der Waals surface area contributed by atoms with Crippen LogP contribution in [-0.2, 0) is 24.4 Å². The van der Waals surface area contributed by atoms with Gasteiger partial charge in [-0.3, -0.25) is 9.69 Å². The van der Waals surface area contributed by atoms with E-state index < -0.39 is 17.6 Å². The lowest BCUT2D eigenvalue weighted by Gasteiger charge is -2.32. The Kier molecular flexibility index (Phi) is 5.89. The fraction of sp³-hybridized carbons (Fsp3) is 0.346. The van der Waals surface area contributed by atoms with E-state index in [1.165, 1.54) is 23.4 Å². The zero-order valence-electron chi connectivity index (χ0n) is 18.2. The number of ether oxygens (including phenoxy) is 1. The summed E-state index contributed by atoms with van der Waals surface area (Å²) in [6.07, 6.45) is 3.39. The molecule has 2 aliphatic rings. The van der Waals surface area contributed by atoms with E-state index in [0.717, 1.165) is 56.1 Å². The molecule has 1 aliphatic heterocycles. The van der Waals surface area contributed by atoms with E-state index in [4.69, 9.17) is 4.74 Å². The summed E-state index contributed by atoms with van der Waals surface area (Å²) < 4.78 is 32.3. The molecule has 0 saturated heterocycles. The monoisotopic (exact) mass is 452 g/mol. The molecule has 5 rings (SSSR count). The molecule has 1 aliphatic carbocycles. The summed E-state index contributed by atoms with van der Waals surface area (Å²) in [4.78, 5) is 17.2. The maximum absolute atomic E-state index is 13.3. The third kappa shape index (κ3) is 4.78. The van der Waals surface area contributed by atoms with Gasteiger partial charge in [-0.05, 0) is 78.4 Å². The number of hydrogen-bond donors (Lipinski definition) is 2. The van der Waals surface area contributed by atoms with E-state index in [9.17, 15) is 18.7 Å². The lowest BCUT2D eigenvalue weighted by Crippen LogP contribution is -2.38. The van der Waals surface area contributed by atoms with E-state index in [-0.39, 0.29) is 12.5 Å². The van der Waals surface area contributed by atoms with Crippen LogP contribution in [0, 0.1) is 17.6 Å². The van der Waals surface area contributed by atoms with Crippen LogP contribution in [0.4, 0.5) is 8.78 Å². The molecule has 2 heterocycles. The lowest BCUT2D eigenvalue weighted by atomic mass is 10.0. The SMILES string of the molecule is O=C(O)C1CCC(N2CCc3[nH]c(-c4ccc(OCc5cc(F)cc(F)c5)cc4)cc3C2)C1. The molecule has 5 nitrogen and oxygen atoms in total. The summed E-state index contributed by atoms with van der Waals surface area (Å²) in [5.41, 5.74) is 5.02. The highest BCUT2D eigenvalue weighted by atomic mass is 19.1. The maximum Gasteiger partial charge on any atom is 0.306 e. The number of carboxylic acids is 1. The minimum atomic E-state index is -0.672. The van der Waals surface area contributed by atoms with Gasteiger partial charge < -0.3 is 14.8 Å². The van der Waals surface area contributed by atoms with Crippen LogP contribution in [0.5, 0.6) is 5.75 Å². The zero-order valence-corrected chi connectivity index (χ0v) is 18.2. The Bertz CT molecular complexity index is 1140. The highest BCUT2D eigenvalue weighted by Gasteiger charge is 2.34. The molecule has 172 valence electrons. The molecular formula is C26H26F2N2O3. The van der Waals surface area contributed by atoms with Crippen molar-refractivity contribution in [3.63, 3.8) is 0 Å². The summed E-state index contributed by atoms with van der Waals surface area (Å²) in [5.74, 6) is -1.49. The summed E-state index contributed by atoms with van der Waals surface area (Å²) in [7, 11) is 0. The van der Waals surface area contributed by atoms with Crippen LogP contribution in [0.25, 0.3) is 11.3 Å². The number of aromatic nitrogens is 1. The van der Waals surface area contributed by atoms with Gasteiger partial charge in [0.15, 0.2) is 0 Å². The molecule has 1 saturated carbocycles. The zero-order chi connectivity index (χ0) is 22.9. The minimum Gasteiger partial charge on any atom is -0.489 e. The number of carboxylic acid groups (broad SMARTS) is 1. The molecule has 2 N–H and O–H groups in total. The topological polar surface area (TPSA) is 65.6 Å². The van der Waals surface area contributed by atoms with E-state index in [1.54, 1.807) is 0 Å². The average Bonchev–Trinajstić information content (AvgIpc) is 3.44. The number of H-pyrrole nitrogens is 1. The standard InChI is InChI=1S/C26H26F2N2O3/c27-20-9-16(10-21(28)13-20)15-33-23-5-2-17(3-6-23)25-12-19-14-30(8-7-24(19)29-25)22-4-1-18(11-22)26(31)32/h2-3,5-6,9-10,12-13,18,22,29H,1,4,7-8,11,14-15H2,(H,31,32). The van der Waals surface area contributed by atoms with Crippen LogP contribution in [0.15, 0.2) is 48.5 Å². The molecule has 0 amide bonds. The van der Waals surface area contributed by atoms with Crippen LogP contribution in [0.1, 0.15) is 36.1 Å². The third-order valence-corrected chi connectivity index (χ3v) is 6.78. The van der Waals surface area contributed by atoms with E-state index in [1.807, 2.05) is 24.3 Å². The second kappa shape index (κ2) is 8.98. The van der Waals surface area contributed by atoms with Gasteiger partial charge in [-0.1, -0.05) is 0 Å². The van der Waals surface area contributed by atoms with E-state index in [0.29, 0.717) is 17.4 Å². The Morgan fingerprint density at radius 1 is 1.09 bits per heavy atom. The molecule has 2 aromatic carbocycles. The number of nitrogens with zero attached hydrogens (tertiary/aromatic N) is 1. The van der Waals surface area contributed by atoms with Gasteiger partial charge in [-0.15, -0.1) is 0 Å². The van der Waals surface area contributed by atoms with E-state index in [2.05, 4.69) is 16.0 Å². The Balaban J connectivity index is 1.22. The van der Waals surface area contributed by atoms with Crippen molar-refractivity contribution >= 4 is 5.97 Å². The van der Waals surface area contributed by atoms with Crippen LogP contribution in [0.3, 0.4) is 0 Å². The first-order valence-electron chi connectivity index (χ1n) is 11.3. The molecule has 33 heavy (non-hydrogen) atoms. The fourth-order valence-corrected chi connectivity index (χ4v) is 5.03. The van der Waals surface area contributed by atoms with Crippen LogP contribution < -0.4 is 4.74 Å². The second-order valence-electron chi connectivity index (χ2n) is 9.00. The second-order valence-corrected chi connectivity index (χ2v) is 9.00. The van der Waals surface area contributed by atoms with Crippen molar-refractivity contribution in [3.05, 3.63) is 77.0 Å². The number of halogens is 2. The van der Waals surface area contributed by atoms with Gasteiger partial charge in [0.05, 0.1) is 5.92 Å². The first-order chi connectivity index (χ1) is 15.9. The molecule has 0 radical (unpaired) electrons. The van der Waals surface area contributed by atoms with Gasteiger partial charge in [0, 0.05) is 43.0 Å². The normalized spacial score (nSPS) is 20.5. The molecular weight excluding hydrogens is 426 g/mol. The molecule has 0 spiro atoms. The number of benzene rings is 2. The van der Waals surface area contributed by atoms with Crippen LogP contribution in [-0.4, -0.2) is 33.5 Å². The van der Waals surface area contributed by atoms with Gasteiger partial charge in [0.2, 0.25) is 0 Å². The van der Waals surface area contributed by atoms with Gasteiger partial charge in [-0.2, -0.15) is 0 Å². The Morgan fingerprint density at radius 3 is 2.55 bits per heavy atom. The number of nitrogens with one attached hydrogen (secondary N) is 1. The number of fused-ring (bicyclic) bond motifs is 1. The summed E-state index contributed by atoms with van der Waals surface area (Å²) in [6, 6.07) is 13.5. The van der Waals surface area contributed by atoms with Crippen molar-refractivity contribution in [1.29, 1.82) is 0 Å². The highest BCUT2D eigenvalue weighted by molar-refractivity contribution is 5.70. The average molecular weight is 453 g/mol. The van der Waals surface area contributed by atoms with Crippen molar-refractivity contribution in [2.75, 3.05) is 6.54 Å². The molecule has 1 aromatic heterocycles. The quantitative estimate of drug-likeness (QED) is 0.543.